The quantitative estimate of drug-likeness (QED) is 0.540. The zero-order chi connectivity index (χ0) is 21.1. The molecule has 0 unspecified atom stereocenters. The van der Waals surface area contributed by atoms with Gasteiger partial charge < -0.3 is 4.90 Å². The van der Waals surface area contributed by atoms with Crippen molar-refractivity contribution in [3.8, 4) is 0 Å². The highest BCUT2D eigenvalue weighted by Gasteiger charge is 2.27. The molecule has 0 spiro atoms. The summed E-state index contributed by atoms with van der Waals surface area (Å²) in [4.78, 5) is 7.04. The molecule has 2 aromatic carbocycles. The lowest BCUT2D eigenvalue weighted by atomic mass is 10.1. The highest BCUT2D eigenvalue weighted by molar-refractivity contribution is 7.89. The molecule has 1 saturated heterocycles. The first-order valence-electron chi connectivity index (χ1n) is 9.49. The van der Waals surface area contributed by atoms with E-state index < -0.39 is 10.0 Å². The summed E-state index contributed by atoms with van der Waals surface area (Å²) in [6, 6.07) is 13.9. The molecule has 10 heteroatoms. The monoisotopic (exact) mass is 482 g/mol. The van der Waals surface area contributed by atoms with Gasteiger partial charge in [0.1, 0.15) is 5.82 Å². The van der Waals surface area contributed by atoms with Crippen LogP contribution >= 0.6 is 34.7 Å². The van der Waals surface area contributed by atoms with Crippen molar-refractivity contribution in [2.75, 3.05) is 31.1 Å². The summed E-state index contributed by atoms with van der Waals surface area (Å²) in [6.45, 7) is 2.18. The Morgan fingerprint density at radius 1 is 0.900 bits per heavy atom. The summed E-state index contributed by atoms with van der Waals surface area (Å²) in [5.74, 6) is 0.757. The Hall–Kier alpha value is -1.71. The molecule has 1 aromatic heterocycles. The number of hydrogen-bond donors (Lipinski definition) is 0. The molecule has 0 amide bonds. The third-order valence-electron chi connectivity index (χ3n) is 4.91. The maximum atomic E-state index is 13.0. The number of rotatable bonds is 5. The average Bonchev–Trinajstić information content (AvgIpc) is 3.04. The number of aromatic nitrogens is 2. The van der Waals surface area contributed by atoms with Crippen LogP contribution in [0.15, 0.2) is 53.4 Å². The first-order valence-corrected chi connectivity index (χ1v) is 12.5. The number of sulfonamides is 1. The molecule has 2 heterocycles. The number of halogens is 2. The molecule has 0 atom stereocenters. The van der Waals surface area contributed by atoms with Crippen molar-refractivity contribution >= 4 is 49.9 Å². The van der Waals surface area contributed by atoms with E-state index in [-0.39, 0.29) is 4.90 Å². The predicted molar refractivity (Wildman–Crippen MR) is 121 cm³/mol. The molecule has 0 radical (unpaired) electrons. The first kappa shape index (κ1) is 21.5. The molecule has 0 saturated carbocycles. The van der Waals surface area contributed by atoms with Crippen LogP contribution in [0.1, 0.15) is 17.8 Å². The Kier molecular flexibility index (Phi) is 6.60. The summed E-state index contributed by atoms with van der Waals surface area (Å²) >= 11 is 13.2. The minimum absolute atomic E-state index is 0.265. The molecule has 1 fully saturated rings. The third-order valence-corrected chi connectivity index (χ3v) is 8.14. The van der Waals surface area contributed by atoms with Crippen molar-refractivity contribution in [2.24, 2.45) is 0 Å². The van der Waals surface area contributed by atoms with Crippen LogP contribution < -0.4 is 4.90 Å². The van der Waals surface area contributed by atoms with E-state index in [1.807, 2.05) is 24.3 Å². The van der Waals surface area contributed by atoms with E-state index in [9.17, 15) is 8.42 Å². The smallest absolute Gasteiger partial charge is 0.243 e. The van der Waals surface area contributed by atoms with Crippen molar-refractivity contribution in [1.29, 1.82) is 0 Å². The van der Waals surface area contributed by atoms with Crippen LogP contribution in [0.3, 0.4) is 0 Å². The van der Waals surface area contributed by atoms with Gasteiger partial charge in [0.15, 0.2) is 0 Å². The SMILES string of the molecule is O=S(=O)(c1ccc(Cl)cc1)N1CCCN(c2nc(Cc3ccc(Cl)cc3)ns2)CC1. The zero-order valence-corrected chi connectivity index (χ0v) is 19.2. The number of benzene rings is 2. The van der Waals surface area contributed by atoms with Gasteiger partial charge in [0.05, 0.1) is 4.90 Å². The second kappa shape index (κ2) is 9.20. The van der Waals surface area contributed by atoms with Gasteiger partial charge in [0.25, 0.3) is 0 Å². The molecule has 1 aliphatic rings. The van der Waals surface area contributed by atoms with Gasteiger partial charge in [-0.3, -0.25) is 0 Å². The standard InChI is InChI=1S/C20H20Cl2N4O2S2/c21-16-4-2-15(3-5-16)14-19-23-20(29-24-19)25-10-1-11-26(13-12-25)30(27,28)18-8-6-17(22)7-9-18/h2-9H,1,10-14H2. The number of nitrogens with zero attached hydrogens (tertiary/aromatic N) is 4. The van der Waals surface area contributed by atoms with Crippen LogP contribution in [0, 0.1) is 0 Å². The van der Waals surface area contributed by atoms with Crippen LogP contribution in [0.5, 0.6) is 0 Å². The van der Waals surface area contributed by atoms with Crippen molar-refractivity contribution in [3.63, 3.8) is 0 Å². The van der Waals surface area contributed by atoms with Gasteiger partial charge in [-0.15, -0.1) is 0 Å². The minimum atomic E-state index is -3.54. The van der Waals surface area contributed by atoms with Gasteiger partial charge in [0, 0.05) is 54.2 Å². The van der Waals surface area contributed by atoms with Gasteiger partial charge in [-0.25, -0.2) is 13.4 Å². The van der Waals surface area contributed by atoms with Crippen molar-refractivity contribution in [3.05, 3.63) is 70.0 Å². The Morgan fingerprint density at radius 3 is 2.27 bits per heavy atom. The fourth-order valence-corrected chi connectivity index (χ4v) is 5.77. The van der Waals surface area contributed by atoms with E-state index in [0.29, 0.717) is 36.1 Å². The normalized spacial score (nSPS) is 15.9. The maximum Gasteiger partial charge on any atom is 0.243 e. The van der Waals surface area contributed by atoms with E-state index in [1.54, 1.807) is 24.3 Å². The summed E-state index contributed by atoms with van der Waals surface area (Å²) in [6.07, 6.45) is 1.36. The molecule has 0 bridgehead atoms. The van der Waals surface area contributed by atoms with Gasteiger partial charge in [0.2, 0.25) is 15.2 Å². The second-order valence-corrected chi connectivity index (χ2v) is 10.5. The van der Waals surface area contributed by atoms with E-state index in [4.69, 9.17) is 23.2 Å². The Balaban J connectivity index is 1.42. The highest BCUT2D eigenvalue weighted by Crippen LogP contribution is 2.24. The molecular weight excluding hydrogens is 463 g/mol. The van der Waals surface area contributed by atoms with Gasteiger partial charge in [-0.2, -0.15) is 8.68 Å². The van der Waals surface area contributed by atoms with Gasteiger partial charge in [-0.1, -0.05) is 35.3 Å². The summed E-state index contributed by atoms with van der Waals surface area (Å²) in [5.41, 5.74) is 1.10. The van der Waals surface area contributed by atoms with Crippen LogP contribution in [-0.2, 0) is 16.4 Å². The number of hydrogen-bond acceptors (Lipinski definition) is 6. The van der Waals surface area contributed by atoms with Crippen molar-refractivity contribution < 1.29 is 8.42 Å². The molecule has 4 rings (SSSR count). The summed E-state index contributed by atoms with van der Waals surface area (Å²) < 4.78 is 31.9. The Bertz CT molecular complexity index is 1100. The van der Waals surface area contributed by atoms with Crippen LogP contribution in [-0.4, -0.2) is 48.3 Å². The van der Waals surface area contributed by atoms with Crippen molar-refractivity contribution in [2.45, 2.75) is 17.7 Å². The van der Waals surface area contributed by atoms with E-state index in [0.717, 1.165) is 29.5 Å². The van der Waals surface area contributed by atoms with E-state index in [2.05, 4.69) is 14.3 Å². The molecular formula is C20H20Cl2N4O2S2. The highest BCUT2D eigenvalue weighted by atomic mass is 35.5. The van der Waals surface area contributed by atoms with E-state index in [1.165, 1.54) is 15.8 Å². The van der Waals surface area contributed by atoms with Gasteiger partial charge >= 0.3 is 0 Å². The third kappa shape index (κ3) is 4.95. The number of anilines is 1. The summed E-state index contributed by atoms with van der Waals surface area (Å²) in [7, 11) is -3.54. The summed E-state index contributed by atoms with van der Waals surface area (Å²) in [5, 5.41) is 2.04. The van der Waals surface area contributed by atoms with Crippen LogP contribution in [0.4, 0.5) is 5.13 Å². The molecule has 30 heavy (non-hydrogen) atoms. The fourth-order valence-electron chi connectivity index (χ4n) is 3.31. The molecule has 0 N–H and O–H groups in total. The van der Waals surface area contributed by atoms with E-state index >= 15 is 0 Å². The maximum absolute atomic E-state index is 13.0. The molecule has 6 nitrogen and oxygen atoms in total. The topological polar surface area (TPSA) is 66.4 Å². The van der Waals surface area contributed by atoms with Crippen LogP contribution in [0.25, 0.3) is 0 Å². The zero-order valence-electron chi connectivity index (χ0n) is 16.0. The molecule has 0 aliphatic carbocycles. The fraction of sp³-hybridized carbons (Fsp3) is 0.300. The Morgan fingerprint density at radius 2 is 1.57 bits per heavy atom. The lowest BCUT2D eigenvalue weighted by molar-refractivity contribution is 0.433. The largest absolute Gasteiger partial charge is 0.345 e. The van der Waals surface area contributed by atoms with Crippen LogP contribution in [0.2, 0.25) is 10.0 Å². The lowest BCUT2D eigenvalue weighted by Gasteiger charge is -2.21. The minimum Gasteiger partial charge on any atom is -0.345 e. The Labute approximate surface area is 190 Å². The molecule has 1 aliphatic heterocycles. The first-order chi connectivity index (χ1) is 14.4. The second-order valence-electron chi connectivity index (χ2n) is 7.00. The average molecular weight is 483 g/mol. The van der Waals surface area contributed by atoms with Gasteiger partial charge in [-0.05, 0) is 48.4 Å². The molecule has 3 aromatic rings. The van der Waals surface area contributed by atoms with Crippen molar-refractivity contribution in [1.82, 2.24) is 13.7 Å². The lowest BCUT2D eigenvalue weighted by Crippen LogP contribution is -2.35. The molecule has 158 valence electrons. The predicted octanol–water partition coefficient (Wildman–Crippen LogP) is 4.34.